The Labute approximate surface area is 170 Å². The van der Waals surface area contributed by atoms with Crippen LogP contribution in [0, 0.1) is 10.1 Å². The first-order valence-corrected chi connectivity index (χ1v) is 10.1. The highest BCUT2D eigenvalue weighted by Gasteiger charge is 2.23. The van der Waals surface area contributed by atoms with Crippen LogP contribution in [0.25, 0.3) is 0 Å². The molecule has 2 N–H and O–H groups in total. The van der Waals surface area contributed by atoms with Gasteiger partial charge in [-0.3, -0.25) is 30.6 Å². The van der Waals surface area contributed by atoms with Crippen molar-refractivity contribution in [3.63, 3.8) is 0 Å². The van der Waals surface area contributed by atoms with Crippen LogP contribution >= 0.6 is 0 Å². The monoisotopic (exact) mass is 429 g/mol. The largest absolute Gasteiger partial charge is 0.459 e. The van der Waals surface area contributed by atoms with Crippen LogP contribution in [-0.2, 0) is 15.6 Å². The van der Waals surface area contributed by atoms with Gasteiger partial charge in [0.05, 0.1) is 21.8 Å². The molecule has 0 aliphatic rings. The normalized spacial score (nSPS) is 10.9. The fraction of sp³-hybridized carbons (Fsp3) is 0.0526. The van der Waals surface area contributed by atoms with E-state index in [1.807, 2.05) is 0 Å². The van der Waals surface area contributed by atoms with Crippen molar-refractivity contribution in [2.45, 2.75) is 10.6 Å². The number of nitro groups is 1. The predicted molar refractivity (Wildman–Crippen MR) is 104 cm³/mol. The van der Waals surface area contributed by atoms with Crippen molar-refractivity contribution in [1.29, 1.82) is 0 Å². The van der Waals surface area contributed by atoms with Crippen LogP contribution in [0.3, 0.4) is 0 Å². The highest BCUT2D eigenvalue weighted by atomic mass is 32.2. The molecule has 3 aromatic rings. The van der Waals surface area contributed by atoms with E-state index in [0.29, 0.717) is 0 Å². The summed E-state index contributed by atoms with van der Waals surface area (Å²) in [6, 6.07) is 14.0. The number of carbonyl (C=O) groups excluding carboxylic acids is 2. The lowest BCUT2D eigenvalue weighted by Crippen LogP contribution is -2.41. The molecule has 0 unspecified atom stereocenters. The fourth-order valence-corrected chi connectivity index (χ4v) is 3.94. The number of nitrogens with zero attached hydrogens (tertiary/aromatic N) is 1. The summed E-state index contributed by atoms with van der Waals surface area (Å²) < 4.78 is 30.1. The zero-order valence-electron chi connectivity index (χ0n) is 15.3. The second-order valence-electron chi connectivity index (χ2n) is 6.06. The Bertz CT molecular complexity index is 1200. The maximum atomic E-state index is 12.5. The average molecular weight is 429 g/mol. The molecule has 0 bridgehead atoms. The Morgan fingerprint density at radius 2 is 1.67 bits per heavy atom. The molecular formula is C19H15N3O7S. The summed E-state index contributed by atoms with van der Waals surface area (Å²) in [7, 11) is -3.72. The summed E-state index contributed by atoms with van der Waals surface area (Å²) in [6.07, 6.45) is 1.16. The van der Waals surface area contributed by atoms with Gasteiger partial charge in [0.2, 0.25) is 0 Å². The molecule has 0 spiro atoms. The van der Waals surface area contributed by atoms with Crippen LogP contribution in [0.5, 0.6) is 0 Å². The summed E-state index contributed by atoms with van der Waals surface area (Å²) in [4.78, 5) is 34.7. The molecule has 0 saturated carbocycles. The molecule has 11 heteroatoms. The SMILES string of the molecule is O=C(NNC(=O)c1occc1CS(=O)(=O)c1ccccc1)c1cccc([N+](=O)[O-])c1. The first-order valence-electron chi connectivity index (χ1n) is 8.47. The van der Waals surface area contributed by atoms with E-state index < -0.39 is 32.3 Å². The topological polar surface area (TPSA) is 149 Å². The molecule has 0 aliphatic carbocycles. The molecule has 0 aliphatic heterocycles. The molecule has 10 nitrogen and oxygen atoms in total. The molecule has 3 rings (SSSR count). The van der Waals surface area contributed by atoms with Crippen LogP contribution in [0.4, 0.5) is 5.69 Å². The van der Waals surface area contributed by atoms with Gasteiger partial charge in [0.1, 0.15) is 0 Å². The molecule has 2 amide bonds. The van der Waals surface area contributed by atoms with E-state index in [1.165, 1.54) is 36.4 Å². The summed E-state index contributed by atoms with van der Waals surface area (Å²) in [6.45, 7) is 0. The minimum absolute atomic E-state index is 0.0455. The average Bonchev–Trinajstić information content (AvgIpc) is 3.20. The van der Waals surface area contributed by atoms with Gasteiger partial charge in [-0.1, -0.05) is 24.3 Å². The van der Waals surface area contributed by atoms with Crippen LogP contribution in [0.1, 0.15) is 26.5 Å². The second-order valence-corrected chi connectivity index (χ2v) is 8.05. The van der Waals surface area contributed by atoms with Crippen molar-refractivity contribution >= 4 is 27.3 Å². The Kier molecular flexibility index (Phi) is 5.93. The standard InChI is InChI=1S/C19H15N3O7S/c23-18(13-5-4-6-15(11-13)22(25)26)20-21-19(24)17-14(9-10-29-17)12-30(27,28)16-7-2-1-3-8-16/h1-11H,12H2,(H,20,23)(H,21,24). The number of rotatable bonds is 6. The lowest BCUT2D eigenvalue weighted by Gasteiger charge is -2.08. The number of nitro benzene ring substituents is 1. The van der Waals surface area contributed by atoms with Crippen molar-refractivity contribution < 1.29 is 27.3 Å². The van der Waals surface area contributed by atoms with Gasteiger partial charge < -0.3 is 4.42 Å². The maximum Gasteiger partial charge on any atom is 0.305 e. The van der Waals surface area contributed by atoms with E-state index >= 15 is 0 Å². The summed E-state index contributed by atoms with van der Waals surface area (Å²) in [5.41, 5.74) is 3.99. The number of hydrogen-bond donors (Lipinski definition) is 2. The third-order valence-electron chi connectivity index (χ3n) is 4.01. The first kappa shape index (κ1) is 20.7. The molecule has 0 fully saturated rings. The number of sulfone groups is 1. The number of nitrogens with one attached hydrogen (secondary N) is 2. The molecule has 1 aromatic heterocycles. The van der Waals surface area contributed by atoms with Crippen molar-refractivity contribution in [2.24, 2.45) is 0 Å². The second kappa shape index (κ2) is 8.57. The van der Waals surface area contributed by atoms with E-state index in [-0.39, 0.29) is 27.5 Å². The van der Waals surface area contributed by atoms with Gasteiger partial charge in [-0.05, 0) is 24.3 Å². The van der Waals surface area contributed by atoms with Crippen molar-refractivity contribution in [3.8, 4) is 0 Å². The van der Waals surface area contributed by atoms with Gasteiger partial charge in [0, 0.05) is 23.3 Å². The number of benzene rings is 2. The zero-order valence-corrected chi connectivity index (χ0v) is 16.1. The van der Waals surface area contributed by atoms with Crippen LogP contribution in [-0.4, -0.2) is 25.2 Å². The van der Waals surface area contributed by atoms with E-state index in [1.54, 1.807) is 18.2 Å². The summed E-state index contributed by atoms with van der Waals surface area (Å²) in [5, 5.41) is 10.8. The molecular weight excluding hydrogens is 414 g/mol. The highest BCUT2D eigenvalue weighted by molar-refractivity contribution is 7.90. The smallest absolute Gasteiger partial charge is 0.305 e. The van der Waals surface area contributed by atoms with Gasteiger partial charge in [0.15, 0.2) is 15.6 Å². The van der Waals surface area contributed by atoms with Crippen molar-refractivity contribution in [2.75, 3.05) is 0 Å². The third kappa shape index (κ3) is 4.70. The molecule has 1 heterocycles. The van der Waals surface area contributed by atoms with Crippen molar-refractivity contribution in [3.05, 3.63) is 93.9 Å². The zero-order chi connectivity index (χ0) is 21.7. The Morgan fingerprint density at radius 1 is 0.967 bits per heavy atom. The molecule has 154 valence electrons. The van der Waals surface area contributed by atoms with E-state index in [9.17, 15) is 28.1 Å². The fourth-order valence-electron chi connectivity index (χ4n) is 2.57. The van der Waals surface area contributed by atoms with Crippen molar-refractivity contribution in [1.82, 2.24) is 10.9 Å². The lowest BCUT2D eigenvalue weighted by atomic mass is 10.2. The Hall–Kier alpha value is -3.99. The van der Waals surface area contributed by atoms with Gasteiger partial charge in [-0.2, -0.15) is 0 Å². The molecule has 30 heavy (non-hydrogen) atoms. The summed E-state index contributed by atoms with van der Waals surface area (Å²) in [5.74, 6) is -2.43. The van der Waals surface area contributed by atoms with E-state index in [2.05, 4.69) is 10.9 Å². The minimum atomic E-state index is -3.72. The van der Waals surface area contributed by atoms with Gasteiger partial charge >= 0.3 is 5.91 Å². The lowest BCUT2D eigenvalue weighted by molar-refractivity contribution is -0.384. The van der Waals surface area contributed by atoms with E-state index in [0.717, 1.165) is 12.3 Å². The van der Waals surface area contributed by atoms with Gasteiger partial charge in [0.25, 0.3) is 11.6 Å². The van der Waals surface area contributed by atoms with Crippen LogP contribution in [0.15, 0.2) is 76.2 Å². The number of carbonyl (C=O) groups is 2. The summed E-state index contributed by atoms with van der Waals surface area (Å²) >= 11 is 0. The predicted octanol–water partition coefficient (Wildman–Crippen LogP) is 2.24. The number of amides is 2. The molecule has 0 radical (unpaired) electrons. The number of furan rings is 1. The molecule has 0 atom stereocenters. The number of non-ortho nitro benzene ring substituents is 1. The molecule has 0 saturated heterocycles. The van der Waals surface area contributed by atoms with Gasteiger partial charge in [-0.25, -0.2) is 8.42 Å². The van der Waals surface area contributed by atoms with E-state index in [4.69, 9.17) is 4.42 Å². The van der Waals surface area contributed by atoms with Crippen LogP contribution in [0.2, 0.25) is 0 Å². The number of hydrazine groups is 1. The minimum Gasteiger partial charge on any atom is -0.459 e. The maximum absolute atomic E-state index is 12.5. The molecule has 2 aromatic carbocycles. The third-order valence-corrected chi connectivity index (χ3v) is 5.69. The Morgan fingerprint density at radius 3 is 2.37 bits per heavy atom. The Balaban J connectivity index is 1.69. The van der Waals surface area contributed by atoms with Crippen LogP contribution < -0.4 is 10.9 Å². The first-order chi connectivity index (χ1) is 14.3. The van der Waals surface area contributed by atoms with Gasteiger partial charge in [-0.15, -0.1) is 0 Å². The number of hydrogen-bond acceptors (Lipinski definition) is 7. The quantitative estimate of drug-likeness (QED) is 0.451. The highest BCUT2D eigenvalue weighted by Crippen LogP contribution is 2.20.